The highest BCUT2D eigenvalue weighted by molar-refractivity contribution is 9.10. The predicted octanol–water partition coefficient (Wildman–Crippen LogP) is 6.34. The molecule has 0 radical (unpaired) electrons. The van der Waals surface area contributed by atoms with E-state index in [2.05, 4.69) is 39.1 Å². The van der Waals surface area contributed by atoms with E-state index in [0.717, 1.165) is 33.1 Å². The second kappa shape index (κ2) is 7.65. The Morgan fingerprint density at radius 2 is 1.91 bits per heavy atom. The molecule has 1 aliphatic rings. The molecule has 33 heavy (non-hydrogen) atoms. The molecule has 0 saturated heterocycles. The number of nitriles is 1. The van der Waals surface area contributed by atoms with Crippen LogP contribution in [0.1, 0.15) is 39.0 Å². The van der Waals surface area contributed by atoms with Gasteiger partial charge < -0.3 is 14.3 Å². The fraction of sp³-hybridized carbons (Fsp3) is 0.111. The lowest BCUT2D eigenvalue weighted by atomic mass is 9.91. The minimum atomic E-state index is -0.304. The molecule has 0 bridgehead atoms. The molecule has 1 atom stereocenters. The summed E-state index contributed by atoms with van der Waals surface area (Å²) >= 11 is 3.48. The maximum atomic E-state index is 13.7. The Bertz CT molecular complexity index is 1570. The van der Waals surface area contributed by atoms with Crippen molar-refractivity contribution >= 4 is 43.7 Å². The van der Waals surface area contributed by atoms with Gasteiger partial charge in [-0.2, -0.15) is 5.26 Å². The van der Waals surface area contributed by atoms with Gasteiger partial charge in [0, 0.05) is 33.0 Å². The van der Waals surface area contributed by atoms with E-state index in [1.807, 2.05) is 47.4 Å². The number of aromatic amines is 1. The molecule has 6 rings (SSSR count). The third-order valence-corrected chi connectivity index (χ3v) is 6.83. The normalized spacial score (nSPS) is 15.5. The first-order valence-corrected chi connectivity index (χ1v) is 11.5. The fourth-order valence-electron chi connectivity index (χ4n) is 4.81. The zero-order chi connectivity index (χ0) is 22.5. The number of aromatic nitrogens is 1. The number of nitrogens with one attached hydrogen (secondary N) is 1. The molecular weight excluding hydrogens is 478 g/mol. The maximum Gasteiger partial charge on any atom is 0.290 e. The molecule has 3 heterocycles. The van der Waals surface area contributed by atoms with Crippen LogP contribution < -0.4 is 0 Å². The molecule has 3 aromatic carbocycles. The largest absolute Gasteiger partial charge is 0.451 e. The summed E-state index contributed by atoms with van der Waals surface area (Å²) in [5.74, 6) is 0.169. The summed E-state index contributed by atoms with van der Waals surface area (Å²) < 4.78 is 6.88. The average molecular weight is 496 g/mol. The maximum absolute atomic E-state index is 13.7. The Balaban J connectivity index is 1.49. The molecule has 0 unspecified atom stereocenters. The number of amides is 1. The van der Waals surface area contributed by atoms with E-state index in [0.29, 0.717) is 23.5 Å². The number of para-hydroxylation sites is 1. The highest BCUT2D eigenvalue weighted by Gasteiger charge is 2.36. The van der Waals surface area contributed by atoms with Crippen molar-refractivity contribution < 1.29 is 9.21 Å². The Morgan fingerprint density at radius 3 is 2.73 bits per heavy atom. The van der Waals surface area contributed by atoms with Crippen LogP contribution in [0, 0.1) is 11.3 Å². The van der Waals surface area contributed by atoms with E-state index in [4.69, 9.17) is 4.42 Å². The van der Waals surface area contributed by atoms with Gasteiger partial charge in [-0.3, -0.25) is 4.79 Å². The summed E-state index contributed by atoms with van der Waals surface area (Å²) in [6, 6.07) is 25.1. The van der Waals surface area contributed by atoms with Gasteiger partial charge in [0.1, 0.15) is 5.58 Å². The number of halogens is 1. The standard InChI is InChI=1S/C27H18BrN3O2/c28-19-9-10-23-18(13-19)14-24(33-23)27(32)31-12-11-21-20-3-1-2-4-22(20)30-25(21)26(31)17-7-5-16(15-29)6-8-17/h1-10,13-14,26,30H,11-12H2/t26-/m1/s1. The third kappa shape index (κ3) is 3.24. The zero-order valence-electron chi connectivity index (χ0n) is 17.5. The Kier molecular flexibility index (Phi) is 4.60. The van der Waals surface area contributed by atoms with Crippen molar-refractivity contribution in [3.63, 3.8) is 0 Å². The lowest BCUT2D eigenvalue weighted by molar-refractivity contribution is 0.0661. The van der Waals surface area contributed by atoms with Gasteiger partial charge in [-0.1, -0.05) is 46.3 Å². The molecule has 5 nitrogen and oxygen atoms in total. The second-order valence-corrected chi connectivity index (χ2v) is 9.16. The number of benzene rings is 3. The third-order valence-electron chi connectivity index (χ3n) is 6.34. The van der Waals surface area contributed by atoms with Crippen molar-refractivity contribution in [1.29, 1.82) is 5.26 Å². The van der Waals surface area contributed by atoms with E-state index < -0.39 is 0 Å². The molecule has 1 amide bonds. The van der Waals surface area contributed by atoms with Crippen LogP contribution in [-0.2, 0) is 6.42 Å². The molecule has 0 fully saturated rings. The van der Waals surface area contributed by atoms with Gasteiger partial charge >= 0.3 is 0 Å². The Hall–Kier alpha value is -3.82. The van der Waals surface area contributed by atoms with E-state index in [9.17, 15) is 10.1 Å². The number of carbonyl (C=O) groups excluding carboxylic acids is 1. The Morgan fingerprint density at radius 1 is 1.09 bits per heavy atom. The van der Waals surface area contributed by atoms with Crippen molar-refractivity contribution in [2.45, 2.75) is 12.5 Å². The van der Waals surface area contributed by atoms with Gasteiger partial charge in [0.05, 0.1) is 17.7 Å². The SMILES string of the molecule is N#Cc1ccc([C@@H]2c3[nH]c4ccccc4c3CCN2C(=O)c2cc3cc(Br)ccc3o2)cc1. The number of nitrogens with zero attached hydrogens (tertiary/aromatic N) is 2. The molecule has 0 spiro atoms. The van der Waals surface area contributed by atoms with Crippen LogP contribution in [0.5, 0.6) is 0 Å². The molecule has 2 aromatic heterocycles. The van der Waals surface area contributed by atoms with Crippen molar-refractivity contribution in [2.24, 2.45) is 0 Å². The summed E-state index contributed by atoms with van der Waals surface area (Å²) in [6.45, 7) is 0.569. The van der Waals surface area contributed by atoms with Gasteiger partial charge in [-0.25, -0.2) is 0 Å². The number of hydrogen-bond acceptors (Lipinski definition) is 3. The minimum absolute atomic E-state index is 0.152. The number of fused-ring (bicyclic) bond motifs is 4. The molecule has 1 N–H and O–H groups in total. The average Bonchev–Trinajstić information content (AvgIpc) is 3.44. The van der Waals surface area contributed by atoms with Crippen molar-refractivity contribution in [3.8, 4) is 6.07 Å². The predicted molar refractivity (Wildman–Crippen MR) is 130 cm³/mol. The van der Waals surface area contributed by atoms with Crippen LogP contribution in [0.15, 0.2) is 81.7 Å². The first-order chi connectivity index (χ1) is 16.1. The van der Waals surface area contributed by atoms with Gasteiger partial charge in [0.25, 0.3) is 5.91 Å². The van der Waals surface area contributed by atoms with Gasteiger partial charge in [-0.15, -0.1) is 0 Å². The highest BCUT2D eigenvalue weighted by Crippen LogP contribution is 2.39. The van der Waals surface area contributed by atoms with Crippen LogP contribution in [0.4, 0.5) is 0 Å². The first kappa shape index (κ1) is 19.8. The monoisotopic (exact) mass is 495 g/mol. The Labute approximate surface area is 198 Å². The summed E-state index contributed by atoms with van der Waals surface area (Å²) in [5, 5.41) is 11.3. The van der Waals surface area contributed by atoms with Gasteiger partial charge in [0.15, 0.2) is 5.76 Å². The molecule has 0 saturated carbocycles. The molecule has 5 aromatic rings. The number of H-pyrrole nitrogens is 1. The highest BCUT2D eigenvalue weighted by atomic mass is 79.9. The van der Waals surface area contributed by atoms with Crippen LogP contribution in [0.2, 0.25) is 0 Å². The molecule has 1 aliphatic heterocycles. The molecule has 0 aliphatic carbocycles. The summed E-state index contributed by atoms with van der Waals surface area (Å²) in [4.78, 5) is 19.2. The van der Waals surface area contributed by atoms with Crippen LogP contribution in [0.25, 0.3) is 21.9 Å². The smallest absolute Gasteiger partial charge is 0.290 e. The van der Waals surface area contributed by atoms with Gasteiger partial charge in [0.2, 0.25) is 0 Å². The molecule has 160 valence electrons. The number of furan rings is 1. The van der Waals surface area contributed by atoms with Crippen molar-refractivity contribution in [1.82, 2.24) is 9.88 Å². The number of carbonyl (C=O) groups is 1. The lowest BCUT2D eigenvalue weighted by Gasteiger charge is -2.35. The summed E-state index contributed by atoms with van der Waals surface area (Å²) in [5.41, 5.74) is 5.53. The minimum Gasteiger partial charge on any atom is -0.451 e. The van der Waals surface area contributed by atoms with E-state index >= 15 is 0 Å². The van der Waals surface area contributed by atoms with Crippen molar-refractivity contribution in [2.75, 3.05) is 6.54 Å². The fourth-order valence-corrected chi connectivity index (χ4v) is 5.19. The van der Waals surface area contributed by atoms with E-state index in [-0.39, 0.29) is 11.9 Å². The number of rotatable bonds is 2. The number of hydrogen-bond donors (Lipinski definition) is 1. The van der Waals surface area contributed by atoms with Gasteiger partial charge in [-0.05, 0) is 60.0 Å². The lowest BCUT2D eigenvalue weighted by Crippen LogP contribution is -2.40. The van der Waals surface area contributed by atoms with Crippen LogP contribution in [-0.4, -0.2) is 22.3 Å². The van der Waals surface area contributed by atoms with Crippen LogP contribution >= 0.6 is 15.9 Å². The summed E-state index contributed by atoms with van der Waals surface area (Å²) in [6.07, 6.45) is 0.754. The van der Waals surface area contributed by atoms with E-state index in [1.165, 1.54) is 10.9 Å². The second-order valence-electron chi connectivity index (χ2n) is 8.24. The summed E-state index contributed by atoms with van der Waals surface area (Å²) in [7, 11) is 0. The first-order valence-electron chi connectivity index (χ1n) is 10.7. The zero-order valence-corrected chi connectivity index (χ0v) is 19.1. The van der Waals surface area contributed by atoms with E-state index in [1.54, 1.807) is 18.2 Å². The van der Waals surface area contributed by atoms with Crippen LogP contribution in [0.3, 0.4) is 0 Å². The quantitative estimate of drug-likeness (QED) is 0.310. The molecular formula is C27H18BrN3O2. The molecule has 6 heteroatoms. The topological polar surface area (TPSA) is 73.0 Å². The van der Waals surface area contributed by atoms with Crippen molar-refractivity contribution in [3.05, 3.63) is 105 Å².